The van der Waals surface area contributed by atoms with Gasteiger partial charge in [-0.2, -0.15) is 0 Å². The number of benzene rings is 1. The average Bonchev–Trinajstić information content (AvgIpc) is 3.12. The van der Waals surface area contributed by atoms with Crippen molar-refractivity contribution in [1.82, 2.24) is 5.32 Å². The van der Waals surface area contributed by atoms with Gasteiger partial charge in [0.2, 0.25) is 0 Å². The maximum Gasteiger partial charge on any atom is 0.251 e. The summed E-state index contributed by atoms with van der Waals surface area (Å²) in [5, 5.41) is 5.84. The van der Waals surface area contributed by atoms with E-state index < -0.39 is 0 Å². The Labute approximate surface area is 111 Å². The molecule has 1 amide bonds. The van der Waals surface area contributed by atoms with Gasteiger partial charge in [0.05, 0.1) is 12.8 Å². The second kappa shape index (κ2) is 5.22. The van der Waals surface area contributed by atoms with Crippen molar-refractivity contribution in [3.05, 3.63) is 23.8 Å². The maximum absolute atomic E-state index is 11.9. The van der Waals surface area contributed by atoms with Crippen LogP contribution in [0.1, 0.15) is 23.2 Å². The molecule has 5 nitrogen and oxygen atoms in total. The average molecular weight is 265 g/mol. The Bertz CT molecular complexity index is 486. The molecule has 96 valence electrons. The smallest absolute Gasteiger partial charge is 0.251 e. The Morgan fingerprint density at radius 2 is 2.22 bits per heavy atom. The lowest BCUT2D eigenvalue weighted by Gasteiger charge is -2.11. The highest BCUT2D eigenvalue weighted by Crippen LogP contribution is 2.26. The Hall–Kier alpha value is -1.82. The van der Waals surface area contributed by atoms with Gasteiger partial charge in [0.15, 0.2) is 5.11 Å². The highest BCUT2D eigenvalue weighted by atomic mass is 32.1. The van der Waals surface area contributed by atoms with E-state index >= 15 is 0 Å². The van der Waals surface area contributed by atoms with E-state index in [-0.39, 0.29) is 11.0 Å². The molecule has 0 radical (unpaired) electrons. The van der Waals surface area contributed by atoms with Crippen LogP contribution in [0.15, 0.2) is 18.2 Å². The van der Waals surface area contributed by atoms with Crippen molar-refractivity contribution in [3.63, 3.8) is 0 Å². The van der Waals surface area contributed by atoms with Gasteiger partial charge < -0.3 is 21.1 Å². The predicted octanol–water partition coefficient (Wildman–Crippen LogP) is 1.24. The molecule has 0 bridgehead atoms. The summed E-state index contributed by atoms with van der Waals surface area (Å²) in [5.74, 6) is 0.497. The number of carbonyl (C=O) groups excluding carboxylic acids is 1. The van der Waals surface area contributed by atoms with Gasteiger partial charge in [0.1, 0.15) is 5.75 Å². The highest BCUT2D eigenvalue weighted by Gasteiger charge is 2.24. The van der Waals surface area contributed by atoms with Crippen LogP contribution in [0.25, 0.3) is 0 Å². The summed E-state index contributed by atoms with van der Waals surface area (Å²) >= 11 is 4.78. The first kappa shape index (κ1) is 12.6. The molecule has 1 fully saturated rings. The fourth-order valence-electron chi connectivity index (χ4n) is 1.58. The van der Waals surface area contributed by atoms with Crippen molar-refractivity contribution < 1.29 is 9.53 Å². The zero-order chi connectivity index (χ0) is 13.1. The van der Waals surface area contributed by atoms with E-state index in [4.69, 9.17) is 22.7 Å². The van der Waals surface area contributed by atoms with Crippen molar-refractivity contribution in [1.29, 1.82) is 0 Å². The van der Waals surface area contributed by atoms with Gasteiger partial charge in [-0.3, -0.25) is 4.79 Å². The van der Waals surface area contributed by atoms with Crippen LogP contribution in [0.3, 0.4) is 0 Å². The van der Waals surface area contributed by atoms with Crippen LogP contribution in [-0.2, 0) is 0 Å². The monoisotopic (exact) mass is 265 g/mol. The molecule has 1 aliphatic rings. The highest BCUT2D eigenvalue weighted by molar-refractivity contribution is 7.80. The summed E-state index contributed by atoms with van der Waals surface area (Å²) < 4.78 is 5.16. The molecule has 4 N–H and O–H groups in total. The normalized spacial score (nSPS) is 13.8. The summed E-state index contributed by atoms with van der Waals surface area (Å²) in [6, 6.07) is 5.42. The fraction of sp³-hybridized carbons (Fsp3) is 0.333. The maximum atomic E-state index is 11.9. The first-order chi connectivity index (χ1) is 8.60. The predicted molar refractivity (Wildman–Crippen MR) is 73.9 cm³/mol. The minimum atomic E-state index is -0.0915. The molecular formula is C12H15N3O2S. The first-order valence-corrected chi connectivity index (χ1v) is 6.06. The third kappa shape index (κ3) is 3.10. The molecule has 0 heterocycles. The molecule has 0 aliphatic heterocycles. The molecule has 1 aromatic carbocycles. The van der Waals surface area contributed by atoms with E-state index in [0.717, 1.165) is 12.8 Å². The topological polar surface area (TPSA) is 76.4 Å². The molecule has 0 atom stereocenters. The SMILES string of the molecule is COc1ccc(C(=O)NC2CC2)cc1NC(N)=S. The number of rotatable bonds is 4. The molecule has 0 spiro atoms. The first-order valence-electron chi connectivity index (χ1n) is 5.65. The lowest BCUT2D eigenvalue weighted by atomic mass is 10.1. The second-order valence-electron chi connectivity index (χ2n) is 4.15. The number of ether oxygens (including phenoxy) is 1. The molecule has 1 aliphatic carbocycles. The summed E-state index contributed by atoms with van der Waals surface area (Å²) in [6.07, 6.45) is 2.11. The second-order valence-corrected chi connectivity index (χ2v) is 4.59. The molecule has 0 saturated heterocycles. The van der Waals surface area contributed by atoms with Crippen LogP contribution in [0.5, 0.6) is 5.75 Å². The van der Waals surface area contributed by atoms with Crippen molar-refractivity contribution in [2.75, 3.05) is 12.4 Å². The number of nitrogens with two attached hydrogens (primary N) is 1. The molecule has 18 heavy (non-hydrogen) atoms. The standard InChI is InChI=1S/C12H15N3O2S/c1-17-10-5-2-7(6-9(10)15-12(13)18)11(16)14-8-3-4-8/h2,5-6,8H,3-4H2,1H3,(H,14,16)(H3,13,15,18). The van der Waals surface area contributed by atoms with Gasteiger partial charge in [0, 0.05) is 11.6 Å². The van der Waals surface area contributed by atoms with E-state index in [1.807, 2.05) is 0 Å². The fourth-order valence-corrected chi connectivity index (χ4v) is 1.69. The van der Waals surface area contributed by atoms with Crippen LogP contribution in [0, 0.1) is 0 Å². The number of thiocarbonyl (C=S) groups is 1. The van der Waals surface area contributed by atoms with Gasteiger partial charge >= 0.3 is 0 Å². The summed E-state index contributed by atoms with van der Waals surface area (Å²) in [4.78, 5) is 11.9. The number of nitrogens with one attached hydrogen (secondary N) is 2. The van der Waals surface area contributed by atoms with Gasteiger partial charge in [-0.1, -0.05) is 0 Å². The summed E-state index contributed by atoms with van der Waals surface area (Å²) in [5.41, 5.74) is 6.58. The quantitative estimate of drug-likeness (QED) is 0.714. The molecule has 6 heteroatoms. The molecule has 1 saturated carbocycles. The molecular weight excluding hydrogens is 250 g/mol. The zero-order valence-corrected chi connectivity index (χ0v) is 10.8. The van der Waals surface area contributed by atoms with Gasteiger partial charge in [-0.05, 0) is 43.3 Å². The molecule has 1 aromatic rings. The third-order valence-corrected chi connectivity index (χ3v) is 2.73. The Morgan fingerprint density at radius 1 is 1.50 bits per heavy atom. The number of amides is 1. The molecule has 2 rings (SSSR count). The largest absolute Gasteiger partial charge is 0.495 e. The van der Waals surface area contributed by atoms with Crippen LogP contribution in [0.4, 0.5) is 5.69 Å². The lowest BCUT2D eigenvalue weighted by Crippen LogP contribution is -2.25. The van der Waals surface area contributed by atoms with Gasteiger partial charge in [-0.15, -0.1) is 0 Å². The van der Waals surface area contributed by atoms with Crippen molar-refractivity contribution in [3.8, 4) is 5.75 Å². The van der Waals surface area contributed by atoms with Crippen LogP contribution in [-0.4, -0.2) is 24.2 Å². The summed E-state index contributed by atoms with van der Waals surface area (Å²) in [6.45, 7) is 0. The van der Waals surface area contributed by atoms with Crippen molar-refractivity contribution in [2.45, 2.75) is 18.9 Å². The van der Waals surface area contributed by atoms with Crippen LogP contribution >= 0.6 is 12.2 Å². The number of methoxy groups -OCH3 is 1. The number of hydrogen-bond donors (Lipinski definition) is 3. The van der Waals surface area contributed by atoms with Crippen LogP contribution in [0.2, 0.25) is 0 Å². The van der Waals surface area contributed by atoms with E-state index in [1.54, 1.807) is 25.3 Å². The Kier molecular flexibility index (Phi) is 3.66. The van der Waals surface area contributed by atoms with E-state index in [0.29, 0.717) is 23.0 Å². The van der Waals surface area contributed by atoms with Gasteiger partial charge in [-0.25, -0.2) is 0 Å². The van der Waals surface area contributed by atoms with E-state index in [1.165, 1.54) is 0 Å². The Balaban J connectivity index is 2.20. The summed E-state index contributed by atoms with van der Waals surface area (Å²) in [7, 11) is 1.55. The minimum absolute atomic E-state index is 0.0915. The van der Waals surface area contributed by atoms with Crippen molar-refractivity contribution >= 4 is 28.9 Å². The van der Waals surface area contributed by atoms with Crippen LogP contribution < -0.4 is 21.1 Å². The number of hydrogen-bond acceptors (Lipinski definition) is 3. The van der Waals surface area contributed by atoms with Gasteiger partial charge in [0.25, 0.3) is 5.91 Å². The van der Waals surface area contributed by atoms with E-state index in [2.05, 4.69) is 10.6 Å². The van der Waals surface area contributed by atoms with Crippen molar-refractivity contribution in [2.24, 2.45) is 5.73 Å². The molecule has 0 unspecified atom stereocenters. The number of anilines is 1. The Morgan fingerprint density at radius 3 is 2.78 bits per heavy atom. The van der Waals surface area contributed by atoms with E-state index in [9.17, 15) is 4.79 Å². The molecule has 0 aromatic heterocycles. The third-order valence-electron chi connectivity index (χ3n) is 2.63. The zero-order valence-electron chi connectivity index (χ0n) is 10.0. The number of carbonyl (C=O) groups is 1. The lowest BCUT2D eigenvalue weighted by molar-refractivity contribution is 0.0951. The minimum Gasteiger partial charge on any atom is -0.495 e.